The van der Waals surface area contributed by atoms with Crippen molar-refractivity contribution in [3.8, 4) is 5.75 Å². The molecular weight excluding hydrogens is 364 g/mol. The van der Waals surface area contributed by atoms with E-state index in [1.807, 2.05) is 0 Å². The van der Waals surface area contributed by atoms with Gasteiger partial charge in [-0.15, -0.1) is 0 Å². The second kappa shape index (κ2) is 7.72. The molecule has 4 bridgehead atoms. The summed E-state index contributed by atoms with van der Waals surface area (Å²) in [6, 6.07) is 7.05. The third-order valence-corrected chi connectivity index (χ3v) is 7.09. The Hall–Kier alpha value is -1.73. The summed E-state index contributed by atoms with van der Waals surface area (Å²) in [5.74, 6) is 3.22. The van der Waals surface area contributed by atoms with Crippen LogP contribution in [-0.2, 0) is 4.79 Å². The normalized spacial score (nSPS) is 30.8. The third-order valence-electron chi connectivity index (χ3n) is 6.30. The van der Waals surface area contributed by atoms with E-state index in [2.05, 4.69) is 5.32 Å². The molecule has 7 heteroatoms. The first kappa shape index (κ1) is 18.6. The molecule has 27 heavy (non-hydrogen) atoms. The number of carbonyl (C=O) groups is 2. The molecule has 6 nitrogen and oxygen atoms in total. The van der Waals surface area contributed by atoms with Gasteiger partial charge in [-0.05, 0) is 92.3 Å². The lowest BCUT2D eigenvalue weighted by molar-refractivity contribution is -0.146. The van der Waals surface area contributed by atoms with Gasteiger partial charge in [0.25, 0.3) is 0 Å². The van der Waals surface area contributed by atoms with E-state index in [0.717, 1.165) is 48.8 Å². The zero-order valence-electron chi connectivity index (χ0n) is 15.3. The smallest absolute Gasteiger partial charge is 0.307 e. The minimum absolute atomic E-state index is 0.110. The Kier molecular flexibility index (Phi) is 5.32. The first-order valence-electron chi connectivity index (χ1n) is 9.69. The summed E-state index contributed by atoms with van der Waals surface area (Å²) in [5.41, 5.74) is 1.47. The van der Waals surface area contributed by atoms with Gasteiger partial charge in [0.15, 0.2) is 0 Å². The quantitative estimate of drug-likeness (QED) is 0.299. The molecule has 5 rings (SSSR count). The number of hydrogen-bond acceptors (Lipinski definition) is 5. The van der Waals surface area contributed by atoms with Crippen LogP contribution in [0.4, 0.5) is 4.79 Å². The monoisotopic (exact) mass is 390 g/mol. The van der Waals surface area contributed by atoms with Crippen LogP contribution < -0.4 is 15.5 Å². The van der Waals surface area contributed by atoms with Crippen LogP contribution in [0.3, 0.4) is 0 Å². The average molecular weight is 391 g/mol. The van der Waals surface area contributed by atoms with Crippen LogP contribution in [-0.4, -0.2) is 29.5 Å². The van der Waals surface area contributed by atoms with Gasteiger partial charge in [-0.3, -0.25) is 14.8 Å². The molecule has 4 aliphatic carbocycles. The van der Waals surface area contributed by atoms with Crippen molar-refractivity contribution in [1.82, 2.24) is 10.8 Å². The molecule has 4 aliphatic rings. The standard InChI is InChI=1S/C20H26N2O4S/c23-18(20-10-13-7-14(11-20)9-15(8-13)12-20)21-5-6-26-16-1-3-17(4-2-16)27-19(24)22-25/h1-4,13-15,25H,5-12H2,(H,21,23)(H,22,24). The predicted molar refractivity (Wildman–Crippen MR) is 102 cm³/mol. The summed E-state index contributed by atoms with van der Waals surface area (Å²) in [6.07, 6.45) is 7.24. The van der Waals surface area contributed by atoms with Gasteiger partial charge in [0.05, 0.1) is 6.54 Å². The van der Waals surface area contributed by atoms with Gasteiger partial charge in [0, 0.05) is 10.3 Å². The number of rotatable bonds is 6. The molecule has 1 aromatic carbocycles. The lowest BCUT2D eigenvalue weighted by atomic mass is 9.49. The number of benzene rings is 1. The number of carbonyl (C=O) groups excluding carboxylic acids is 2. The number of nitrogens with one attached hydrogen (secondary N) is 2. The number of hydroxylamine groups is 1. The highest BCUT2D eigenvalue weighted by atomic mass is 32.2. The van der Waals surface area contributed by atoms with Gasteiger partial charge < -0.3 is 10.1 Å². The maximum atomic E-state index is 12.9. The predicted octanol–water partition coefficient (Wildman–Crippen LogP) is 3.59. The molecule has 0 heterocycles. The van der Waals surface area contributed by atoms with Crippen LogP contribution in [0.25, 0.3) is 0 Å². The highest BCUT2D eigenvalue weighted by molar-refractivity contribution is 8.13. The Morgan fingerprint density at radius 2 is 1.67 bits per heavy atom. The molecule has 3 N–H and O–H groups in total. The fourth-order valence-electron chi connectivity index (χ4n) is 5.64. The van der Waals surface area contributed by atoms with E-state index in [1.54, 1.807) is 29.7 Å². The van der Waals surface area contributed by atoms with E-state index in [9.17, 15) is 9.59 Å². The minimum atomic E-state index is -0.531. The van der Waals surface area contributed by atoms with Crippen LogP contribution in [0, 0.1) is 23.2 Å². The summed E-state index contributed by atoms with van der Waals surface area (Å²) in [7, 11) is 0. The summed E-state index contributed by atoms with van der Waals surface area (Å²) in [4.78, 5) is 24.7. The zero-order chi connectivity index (χ0) is 18.9. The van der Waals surface area contributed by atoms with Crippen molar-refractivity contribution in [2.24, 2.45) is 23.2 Å². The van der Waals surface area contributed by atoms with Crippen LogP contribution in [0.15, 0.2) is 29.2 Å². The Labute approximate surface area is 163 Å². The van der Waals surface area contributed by atoms with Crippen LogP contribution in [0.2, 0.25) is 0 Å². The summed E-state index contributed by atoms with van der Waals surface area (Å²) in [6.45, 7) is 0.922. The summed E-state index contributed by atoms with van der Waals surface area (Å²) < 4.78 is 5.69. The lowest BCUT2D eigenvalue weighted by Gasteiger charge is -2.55. The van der Waals surface area contributed by atoms with Crippen LogP contribution in [0.5, 0.6) is 5.75 Å². The van der Waals surface area contributed by atoms with Crippen molar-refractivity contribution in [2.45, 2.75) is 43.4 Å². The Bertz CT molecular complexity index is 671. The van der Waals surface area contributed by atoms with E-state index >= 15 is 0 Å². The van der Waals surface area contributed by atoms with Gasteiger partial charge in [-0.25, -0.2) is 5.48 Å². The van der Waals surface area contributed by atoms with Crippen molar-refractivity contribution in [2.75, 3.05) is 13.2 Å². The molecule has 4 fully saturated rings. The second-order valence-electron chi connectivity index (χ2n) is 8.27. The van der Waals surface area contributed by atoms with E-state index in [-0.39, 0.29) is 11.3 Å². The lowest BCUT2D eigenvalue weighted by Crippen LogP contribution is -2.54. The average Bonchev–Trinajstić information content (AvgIpc) is 2.65. The maximum Gasteiger partial charge on any atom is 0.307 e. The van der Waals surface area contributed by atoms with E-state index in [0.29, 0.717) is 23.8 Å². The van der Waals surface area contributed by atoms with Gasteiger partial charge in [-0.2, -0.15) is 0 Å². The Morgan fingerprint density at radius 1 is 1.07 bits per heavy atom. The fourth-order valence-corrected chi connectivity index (χ4v) is 6.18. The van der Waals surface area contributed by atoms with Crippen molar-refractivity contribution in [1.29, 1.82) is 0 Å². The molecule has 0 atom stereocenters. The zero-order valence-corrected chi connectivity index (χ0v) is 16.1. The maximum absolute atomic E-state index is 12.9. The van der Waals surface area contributed by atoms with Crippen molar-refractivity contribution < 1.29 is 19.5 Å². The number of thioether (sulfide) groups is 1. The number of amides is 2. The van der Waals surface area contributed by atoms with Gasteiger partial charge in [-0.1, -0.05) is 0 Å². The molecule has 2 amide bonds. The van der Waals surface area contributed by atoms with E-state index in [1.165, 1.54) is 19.3 Å². The van der Waals surface area contributed by atoms with E-state index < -0.39 is 5.24 Å². The molecule has 0 saturated heterocycles. The molecule has 0 aliphatic heterocycles. The van der Waals surface area contributed by atoms with Crippen molar-refractivity contribution in [3.63, 3.8) is 0 Å². The molecule has 1 aromatic rings. The Morgan fingerprint density at radius 3 is 2.22 bits per heavy atom. The third kappa shape index (κ3) is 4.09. The molecule has 0 aromatic heterocycles. The Balaban J connectivity index is 1.22. The van der Waals surface area contributed by atoms with Crippen molar-refractivity contribution >= 4 is 22.9 Å². The fraction of sp³-hybridized carbons (Fsp3) is 0.600. The van der Waals surface area contributed by atoms with Gasteiger partial charge in [0.2, 0.25) is 5.91 Å². The molecule has 0 unspecified atom stereocenters. The highest BCUT2D eigenvalue weighted by Gasteiger charge is 2.54. The summed E-state index contributed by atoms with van der Waals surface area (Å²) in [5, 5.41) is 11.1. The van der Waals surface area contributed by atoms with E-state index in [4.69, 9.17) is 9.94 Å². The topological polar surface area (TPSA) is 87.7 Å². The van der Waals surface area contributed by atoms with Gasteiger partial charge >= 0.3 is 5.24 Å². The molecule has 4 saturated carbocycles. The first-order chi connectivity index (χ1) is 13.1. The SMILES string of the molecule is O=C(NO)Sc1ccc(OCCNC(=O)C23CC4CC(CC(C4)C2)C3)cc1. The largest absolute Gasteiger partial charge is 0.492 e. The second-order valence-corrected chi connectivity index (χ2v) is 9.32. The van der Waals surface area contributed by atoms with Crippen LogP contribution >= 0.6 is 11.8 Å². The molecule has 146 valence electrons. The number of ether oxygens (including phenoxy) is 1. The molecular formula is C20H26N2O4S. The van der Waals surface area contributed by atoms with Crippen molar-refractivity contribution in [3.05, 3.63) is 24.3 Å². The minimum Gasteiger partial charge on any atom is -0.492 e. The molecule has 0 radical (unpaired) electrons. The highest BCUT2D eigenvalue weighted by Crippen LogP contribution is 2.60. The first-order valence-corrected chi connectivity index (χ1v) is 10.5. The summed E-state index contributed by atoms with van der Waals surface area (Å²) >= 11 is 0.899. The molecule has 0 spiro atoms. The van der Waals surface area contributed by atoms with Gasteiger partial charge in [0.1, 0.15) is 12.4 Å². The number of hydrogen-bond donors (Lipinski definition) is 3. The van der Waals surface area contributed by atoms with Crippen LogP contribution in [0.1, 0.15) is 38.5 Å².